The SMILES string of the molecule is CC(C)(COc1ccn(-c2sc3nc2-c2ccccc2CCCCCCNc2cccc(n2)S(=O)(=O)N3)n1)C(F)(F)F. The fourth-order valence-electron chi connectivity index (χ4n) is 4.33. The minimum atomic E-state index is -4.45. The van der Waals surface area contributed by atoms with Crippen molar-refractivity contribution in [3.63, 3.8) is 0 Å². The molecule has 5 rings (SSSR count). The van der Waals surface area contributed by atoms with E-state index < -0.39 is 28.2 Å². The van der Waals surface area contributed by atoms with Crippen molar-refractivity contribution in [3.05, 3.63) is 60.3 Å². The first-order chi connectivity index (χ1) is 19.9. The maximum absolute atomic E-state index is 13.3. The van der Waals surface area contributed by atoms with Crippen molar-refractivity contribution < 1.29 is 26.3 Å². The predicted octanol–water partition coefficient (Wildman–Crippen LogP) is 6.69. The van der Waals surface area contributed by atoms with E-state index >= 15 is 0 Å². The van der Waals surface area contributed by atoms with Crippen molar-refractivity contribution in [1.82, 2.24) is 19.7 Å². The number of aryl methyl sites for hydroxylation is 1. The molecule has 0 saturated heterocycles. The van der Waals surface area contributed by atoms with Gasteiger partial charge in [-0.1, -0.05) is 54.5 Å². The van der Waals surface area contributed by atoms with E-state index in [1.165, 1.54) is 16.8 Å². The van der Waals surface area contributed by atoms with E-state index in [1.807, 2.05) is 24.3 Å². The van der Waals surface area contributed by atoms with Crippen LogP contribution in [0.1, 0.15) is 45.1 Å². The molecule has 1 aromatic carbocycles. The van der Waals surface area contributed by atoms with Gasteiger partial charge in [0, 0.05) is 24.4 Å². The summed E-state index contributed by atoms with van der Waals surface area (Å²) < 4.78 is 76.0. The van der Waals surface area contributed by atoms with Gasteiger partial charge in [-0.15, -0.1) is 5.10 Å². The first-order valence-electron chi connectivity index (χ1n) is 13.5. The highest BCUT2D eigenvalue weighted by atomic mass is 32.2. The van der Waals surface area contributed by atoms with Crippen LogP contribution in [0.15, 0.2) is 59.8 Å². The van der Waals surface area contributed by atoms with Crippen LogP contribution in [0.2, 0.25) is 0 Å². The van der Waals surface area contributed by atoms with Crippen LogP contribution in [0.5, 0.6) is 5.88 Å². The first kappa shape index (κ1) is 29.8. The van der Waals surface area contributed by atoms with E-state index in [2.05, 4.69) is 25.1 Å². The van der Waals surface area contributed by atoms with Gasteiger partial charge >= 0.3 is 6.18 Å². The van der Waals surface area contributed by atoms with Gasteiger partial charge in [0.05, 0.1) is 5.41 Å². The Kier molecular flexibility index (Phi) is 8.46. The predicted molar refractivity (Wildman–Crippen MR) is 156 cm³/mol. The Bertz CT molecular complexity index is 1650. The van der Waals surface area contributed by atoms with Gasteiger partial charge in [-0.3, -0.25) is 4.72 Å². The molecule has 0 aliphatic carbocycles. The van der Waals surface area contributed by atoms with Crippen LogP contribution < -0.4 is 14.8 Å². The number of benzene rings is 1. The van der Waals surface area contributed by atoms with E-state index in [1.54, 1.807) is 18.3 Å². The van der Waals surface area contributed by atoms with E-state index in [0.717, 1.165) is 68.4 Å². The van der Waals surface area contributed by atoms with Gasteiger partial charge in [0.15, 0.2) is 10.2 Å². The summed E-state index contributed by atoms with van der Waals surface area (Å²) in [6, 6.07) is 14.0. The second-order valence-corrected chi connectivity index (χ2v) is 13.3. The number of hydrogen-bond acceptors (Lipinski definition) is 8. The van der Waals surface area contributed by atoms with Crippen molar-refractivity contribution >= 4 is 32.3 Å². The number of nitrogens with one attached hydrogen (secondary N) is 2. The molecule has 4 aromatic rings. The minimum Gasteiger partial charge on any atom is -0.476 e. The number of fused-ring (bicyclic) bond motifs is 6. The zero-order valence-corrected chi connectivity index (χ0v) is 24.7. The van der Waals surface area contributed by atoms with Crippen LogP contribution in [0, 0.1) is 5.41 Å². The fraction of sp³-hybridized carbons (Fsp3) is 0.393. The largest absolute Gasteiger partial charge is 0.476 e. The lowest BCUT2D eigenvalue weighted by Crippen LogP contribution is -2.37. The highest BCUT2D eigenvalue weighted by Gasteiger charge is 2.48. The first-order valence-corrected chi connectivity index (χ1v) is 15.8. The number of ether oxygens (including phenoxy) is 1. The third kappa shape index (κ3) is 6.70. The number of sulfonamides is 1. The quantitative estimate of drug-likeness (QED) is 0.262. The number of pyridine rings is 1. The molecule has 0 saturated carbocycles. The molecular formula is C28H31F3N6O3S2. The number of anilines is 2. The van der Waals surface area contributed by atoms with Crippen molar-refractivity contribution in [2.75, 3.05) is 23.2 Å². The summed E-state index contributed by atoms with van der Waals surface area (Å²) in [6.45, 7) is 2.19. The topological polar surface area (TPSA) is 111 Å². The lowest BCUT2D eigenvalue weighted by atomic mass is 9.94. The monoisotopic (exact) mass is 620 g/mol. The maximum Gasteiger partial charge on any atom is 0.397 e. The number of halogens is 3. The standard InChI is InChI=1S/C28H31F3N6O3S2/c1-27(2,28(29,30)31)18-40-22-15-17-37(35-22)25-24-20-12-7-6-11-19(20)10-5-3-4-8-16-32-21-13-9-14-23(33-21)42(38,39)36-26(34-24)41-25/h6-7,9,11-15,17H,3-5,8,10,16,18H2,1-2H3,(H,32,33)(H,34,36). The van der Waals surface area contributed by atoms with E-state index in [-0.39, 0.29) is 16.0 Å². The Morgan fingerprint density at radius 1 is 1.00 bits per heavy atom. The number of hydrogen-bond donors (Lipinski definition) is 2. The van der Waals surface area contributed by atoms with Crippen molar-refractivity contribution in [2.24, 2.45) is 5.41 Å². The van der Waals surface area contributed by atoms with Crippen molar-refractivity contribution in [2.45, 2.75) is 57.2 Å². The molecule has 3 aromatic heterocycles. The summed E-state index contributed by atoms with van der Waals surface area (Å²) in [4.78, 5) is 8.95. The van der Waals surface area contributed by atoms with Crippen LogP contribution in [0.4, 0.5) is 24.1 Å². The van der Waals surface area contributed by atoms with Crippen LogP contribution in [0.3, 0.4) is 0 Å². The molecule has 1 aliphatic heterocycles. The molecule has 0 atom stereocenters. The van der Waals surface area contributed by atoms with Crippen LogP contribution in [-0.2, 0) is 16.4 Å². The highest BCUT2D eigenvalue weighted by molar-refractivity contribution is 7.92. The van der Waals surface area contributed by atoms with Gasteiger partial charge in [0.2, 0.25) is 5.88 Å². The molecule has 0 fully saturated rings. The highest BCUT2D eigenvalue weighted by Crippen LogP contribution is 2.39. The molecule has 224 valence electrons. The molecule has 4 heterocycles. The zero-order valence-electron chi connectivity index (χ0n) is 23.1. The maximum atomic E-state index is 13.3. The van der Waals surface area contributed by atoms with Crippen LogP contribution >= 0.6 is 11.3 Å². The molecule has 2 N–H and O–H groups in total. The van der Waals surface area contributed by atoms with E-state index in [9.17, 15) is 21.6 Å². The third-order valence-electron chi connectivity index (χ3n) is 6.90. The molecule has 0 radical (unpaired) electrons. The van der Waals surface area contributed by atoms with Gasteiger partial charge in [-0.25, -0.2) is 14.6 Å². The molecular weight excluding hydrogens is 589 g/mol. The molecule has 1 aliphatic rings. The summed E-state index contributed by atoms with van der Waals surface area (Å²) in [5.74, 6) is 0.470. The Morgan fingerprint density at radius 3 is 2.60 bits per heavy atom. The summed E-state index contributed by atoms with van der Waals surface area (Å²) in [5, 5.41) is 7.97. The van der Waals surface area contributed by atoms with Gasteiger partial charge in [-0.05, 0) is 50.8 Å². The lowest BCUT2D eigenvalue weighted by Gasteiger charge is -2.26. The molecule has 0 amide bonds. The Hall–Kier alpha value is -3.65. The Balaban J connectivity index is 1.54. The minimum absolute atomic E-state index is 0.00469. The second kappa shape index (κ2) is 11.9. The molecule has 14 heteroatoms. The summed E-state index contributed by atoms with van der Waals surface area (Å²) in [5.41, 5.74) is 0.283. The lowest BCUT2D eigenvalue weighted by molar-refractivity contribution is -0.219. The smallest absolute Gasteiger partial charge is 0.397 e. The molecule has 0 spiro atoms. The number of alkyl halides is 3. The van der Waals surface area contributed by atoms with Crippen molar-refractivity contribution in [3.8, 4) is 22.1 Å². The van der Waals surface area contributed by atoms with Gasteiger partial charge in [0.1, 0.15) is 23.1 Å². The fourth-order valence-corrected chi connectivity index (χ4v) is 6.45. The molecule has 42 heavy (non-hydrogen) atoms. The number of rotatable bonds is 4. The number of nitrogens with zero attached hydrogens (tertiary/aromatic N) is 4. The molecule has 0 unspecified atom stereocenters. The summed E-state index contributed by atoms with van der Waals surface area (Å²) in [7, 11) is -4.09. The third-order valence-corrected chi connectivity index (χ3v) is 9.23. The average Bonchev–Trinajstić information content (AvgIpc) is 3.57. The van der Waals surface area contributed by atoms with Gasteiger partial charge < -0.3 is 10.1 Å². The van der Waals surface area contributed by atoms with Crippen LogP contribution in [0.25, 0.3) is 16.3 Å². The summed E-state index contributed by atoms with van der Waals surface area (Å²) >= 11 is 1.05. The normalized spacial score (nSPS) is 16.0. The zero-order chi connectivity index (χ0) is 30.0. The number of thiazole rings is 1. The Labute approximate surface area is 246 Å². The van der Waals surface area contributed by atoms with Gasteiger partial charge in [-0.2, -0.15) is 21.6 Å². The van der Waals surface area contributed by atoms with E-state index in [0.29, 0.717) is 23.1 Å². The van der Waals surface area contributed by atoms with Crippen molar-refractivity contribution in [1.29, 1.82) is 0 Å². The second-order valence-electron chi connectivity index (χ2n) is 10.7. The number of aromatic nitrogens is 4. The molecule has 9 nitrogen and oxygen atoms in total. The van der Waals surface area contributed by atoms with Gasteiger partial charge in [0.25, 0.3) is 10.0 Å². The molecule has 4 bridgehead atoms. The summed E-state index contributed by atoms with van der Waals surface area (Å²) in [6.07, 6.45) is 1.80. The van der Waals surface area contributed by atoms with E-state index in [4.69, 9.17) is 4.74 Å². The van der Waals surface area contributed by atoms with Crippen LogP contribution in [-0.4, -0.2) is 47.5 Å². The Morgan fingerprint density at radius 2 is 1.79 bits per heavy atom. The average molecular weight is 621 g/mol.